The average Bonchev–Trinajstić information content (AvgIpc) is 2.37. The first-order valence-corrected chi connectivity index (χ1v) is 7.27. The van der Waals surface area contributed by atoms with Gasteiger partial charge < -0.3 is 4.74 Å². The lowest BCUT2D eigenvalue weighted by Crippen LogP contribution is -2.27. The highest BCUT2D eigenvalue weighted by atomic mass is 32.2. The number of esters is 1. The Labute approximate surface area is 113 Å². The molecule has 0 aliphatic carbocycles. The fourth-order valence-electron chi connectivity index (χ4n) is 1.20. The molecule has 6 heteroatoms. The number of rotatable bonds is 6. The molecule has 0 amide bonds. The number of ether oxygens (including phenoxy) is 1. The number of carbonyl (C=O) groups excluding carboxylic acids is 1. The maximum absolute atomic E-state index is 11.9. The van der Waals surface area contributed by atoms with E-state index in [0.717, 1.165) is 6.08 Å². The van der Waals surface area contributed by atoms with Crippen molar-refractivity contribution in [2.75, 3.05) is 6.54 Å². The van der Waals surface area contributed by atoms with Gasteiger partial charge in [-0.3, -0.25) is 0 Å². The third-order valence-corrected chi connectivity index (χ3v) is 3.64. The van der Waals surface area contributed by atoms with Crippen LogP contribution in [0.4, 0.5) is 0 Å². The van der Waals surface area contributed by atoms with Gasteiger partial charge in [0.05, 0.1) is 4.90 Å². The number of nitrogens with one attached hydrogen (secondary N) is 1. The summed E-state index contributed by atoms with van der Waals surface area (Å²) in [5, 5.41) is 0. The van der Waals surface area contributed by atoms with Crippen LogP contribution in [0.5, 0.6) is 5.75 Å². The fraction of sp³-hybridized carbons (Fsp3) is 0.308. The van der Waals surface area contributed by atoms with E-state index < -0.39 is 16.0 Å². The van der Waals surface area contributed by atoms with Gasteiger partial charge in [0.25, 0.3) is 0 Å². The van der Waals surface area contributed by atoms with E-state index in [0.29, 0.717) is 6.54 Å². The molecule has 0 aromatic heterocycles. The first-order valence-electron chi connectivity index (χ1n) is 5.79. The maximum Gasteiger partial charge on any atom is 0.335 e. The van der Waals surface area contributed by atoms with Crippen LogP contribution in [0.15, 0.2) is 41.8 Å². The van der Waals surface area contributed by atoms with E-state index in [1.165, 1.54) is 24.3 Å². The van der Waals surface area contributed by atoms with Crippen molar-refractivity contribution in [3.05, 3.63) is 36.9 Å². The van der Waals surface area contributed by atoms with E-state index in [-0.39, 0.29) is 16.6 Å². The summed E-state index contributed by atoms with van der Waals surface area (Å²) in [6.07, 6.45) is 1.04. The smallest absolute Gasteiger partial charge is 0.335 e. The molecule has 0 radical (unpaired) electrons. The summed E-state index contributed by atoms with van der Waals surface area (Å²) in [7, 11) is -3.52. The quantitative estimate of drug-likeness (QED) is 0.490. The third kappa shape index (κ3) is 4.84. The van der Waals surface area contributed by atoms with Gasteiger partial charge in [-0.15, -0.1) is 0 Å². The minimum absolute atomic E-state index is 0.131. The van der Waals surface area contributed by atoms with Gasteiger partial charge in [-0.1, -0.05) is 20.4 Å². The van der Waals surface area contributed by atoms with E-state index in [9.17, 15) is 13.2 Å². The Balaban J connectivity index is 2.80. The highest BCUT2D eigenvalue weighted by molar-refractivity contribution is 7.89. The summed E-state index contributed by atoms with van der Waals surface area (Å²) < 4.78 is 31.1. The Bertz CT molecular complexity index is 547. The van der Waals surface area contributed by atoms with Crippen LogP contribution >= 0.6 is 0 Å². The minimum atomic E-state index is -3.52. The molecular weight excluding hydrogens is 266 g/mol. The predicted molar refractivity (Wildman–Crippen MR) is 72.3 cm³/mol. The second-order valence-corrected chi connectivity index (χ2v) is 6.11. The summed E-state index contributed by atoms with van der Waals surface area (Å²) >= 11 is 0. The van der Waals surface area contributed by atoms with Crippen molar-refractivity contribution >= 4 is 16.0 Å². The van der Waals surface area contributed by atoms with Gasteiger partial charge in [0, 0.05) is 12.6 Å². The van der Waals surface area contributed by atoms with Crippen LogP contribution in [0.1, 0.15) is 13.8 Å². The first-order chi connectivity index (χ1) is 8.85. The van der Waals surface area contributed by atoms with Crippen LogP contribution < -0.4 is 9.46 Å². The summed E-state index contributed by atoms with van der Waals surface area (Å²) in [5.41, 5.74) is 0. The predicted octanol–water partition coefficient (Wildman–Crippen LogP) is 1.71. The second-order valence-electron chi connectivity index (χ2n) is 4.34. The lowest BCUT2D eigenvalue weighted by atomic mass is 10.2. The van der Waals surface area contributed by atoms with Gasteiger partial charge in [0.2, 0.25) is 10.0 Å². The number of carbonyl (C=O) groups is 1. The van der Waals surface area contributed by atoms with Gasteiger partial charge in [0.1, 0.15) is 5.75 Å². The Kier molecular flexibility index (Phi) is 5.26. The Morgan fingerprint density at radius 2 is 1.95 bits per heavy atom. The molecule has 19 heavy (non-hydrogen) atoms. The average molecular weight is 283 g/mol. The molecule has 1 N–H and O–H groups in total. The van der Waals surface area contributed by atoms with Crippen molar-refractivity contribution in [2.24, 2.45) is 5.92 Å². The molecule has 0 saturated heterocycles. The zero-order valence-electron chi connectivity index (χ0n) is 10.9. The first kappa shape index (κ1) is 15.4. The third-order valence-electron chi connectivity index (χ3n) is 2.20. The van der Waals surface area contributed by atoms with Gasteiger partial charge >= 0.3 is 5.97 Å². The largest absolute Gasteiger partial charge is 0.423 e. The number of benzene rings is 1. The Morgan fingerprint density at radius 3 is 2.42 bits per heavy atom. The lowest BCUT2D eigenvalue weighted by Gasteiger charge is -2.09. The molecule has 1 aromatic carbocycles. The van der Waals surface area contributed by atoms with Gasteiger partial charge in [-0.05, 0) is 30.2 Å². The van der Waals surface area contributed by atoms with Crippen LogP contribution in [0, 0.1) is 5.92 Å². The van der Waals surface area contributed by atoms with Gasteiger partial charge in [-0.2, -0.15) is 0 Å². The molecule has 0 bridgehead atoms. The fourth-order valence-corrected chi connectivity index (χ4v) is 2.42. The van der Waals surface area contributed by atoms with Crippen LogP contribution in [0.3, 0.4) is 0 Å². The summed E-state index contributed by atoms with van der Waals surface area (Å²) in [6.45, 7) is 7.48. The summed E-state index contributed by atoms with van der Waals surface area (Å²) in [4.78, 5) is 11.1. The molecule has 104 valence electrons. The Hall–Kier alpha value is -1.66. The molecule has 0 unspecified atom stereocenters. The number of sulfonamides is 1. The molecule has 0 atom stereocenters. The van der Waals surface area contributed by atoms with Crippen molar-refractivity contribution in [2.45, 2.75) is 18.7 Å². The zero-order valence-corrected chi connectivity index (χ0v) is 11.7. The summed E-state index contributed by atoms with van der Waals surface area (Å²) in [5.74, 6) is -0.0937. The van der Waals surface area contributed by atoms with Crippen LogP contribution in [-0.4, -0.2) is 20.9 Å². The van der Waals surface area contributed by atoms with E-state index in [1.54, 1.807) is 0 Å². The second kappa shape index (κ2) is 6.49. The van der Waals surface area contributed by atoms with Crippen molar-refractivity contribution in [1.82, 2.24) is 4.72 Å². The minimum Gasteiger partial charge on any atom is -0.423 e. The highest BCUT2D eigenvalue weighted by Crippen LogP contribution is 2.16. The zero-order chi connectivity index (χ0) is 14.5. The molecule has 1 aromatic rings. The molecule has 0 fully saturated rings. The number of hydrogen-bond acceptors (Lipinski definition) is 4. The van der Waals surface area contributed by atoms with E-state index >= 15 is 0 Å². The van der Waals surface area contributed by atoms with Crippen molar-refractivity contribution in [3.8, 4) is 5.75 Å². The van der Waals surface area contributed by atoms with E-state index in [4.69, 9.17) is 4.74 Å². The van der Waals surface area contributed by atoms with E-state index in [2.05, 4.69) is 11.3 Å². The molecule has 0 heterocycles. The van der Waals surface area contributed by atoms with Crippen LogP contribution in [-0.2, 0) is 14.8 Å². The van der Waals surface area contributed by atoms with Crippen LogP contribution in [0.2, 0.25) is 0 Å². The molecule has 0 saturated carbocycles. The molecular formula is C13H17NO4S. The van der Waals surface area contributed by atoms with Crippen LogP contribution in [0.25, 0.3) is 0 Å². The molecule has 5 nitrogen and oxygen atoms in total. The topological polar surface area (TPSA) is 72.5 Å². The summed E-state index contributed by atoms with van der Waals surface area (Å²) in [6, 6.07) is 5.61. The molecule has 0 spiro atoms. The van der Waals surface area contributed by atoms with Gasteiger partial charge in [0.15, 0.2) is 0 Å². The van der Waals surface area contributed by atoms with Crippen molar-refractivity contribution in [1.29, 1.82) is 0 Å². The highest BCUT2D eigenvalue weighted by Gasteiger charge is 2.14. The van der Waals surface area contributed by atoms with Crippen molar-refractivity contribution < 1.29 is 17.9 Å². The monoisotopic (exact) mass is 283 g/mol. The molecule has 1 rings (SSSR count). The Morgan fingerprint density at radius 1 is 1.37 bits per heavy atom. The van der Waals surface area contributed by atoms with Crippen molar-refractivity contribution in [3.63, 3.8) is 0 Å². The molecule has 0 aliphatic rings. The SMILES string of the molecule is C=CC(=O)Oc1ccc(S(=O)(=O)NCC(C)C)cc1. The molecule has 0 aliphatic heterocycles. The standard InChI is InChI=1S/C13H17NO4S/c1-4-13(15)18-11-5-7-12(8-6-11)19(16,17)14-9-10(2)3/h4-8,10,14H,1,9H2,2-3H3. The van der Waals surface area contributed by atoms with E-state index in [1.807, 2.05) is 13.8 Å². The number of hydrogen-bond donors (Lipinski definition) is 1. The lowest BCUT2D eigenvalue weighted by molar-refractivity contribution is -0.128. The van der Waals surface area contributed by atoms with Gasteiger partial charge in [-0.25, -0.2) is 17.9 Å². The normalized spacial score (nSPS) is 11.3. The maximum atomic E-state index is 11.9.